The predicted octanol–water partition coefficient (Wildman–Crippen LogP) is 6.08. The number of pyridine rings is 2. The Morgan fingerprint density at radius 2 is 1.32 bits per heavy atom. The molecule has 0 saturated carbocycles. The zero-order chi connectivity index (χ0) is 20.9. The largest absolute Gasteiger partial charge is 0.385 e. The molecular weight excluding hydrogens is 382 g/mol. The minimum absolute atomic E-state index is 0.875. The van der Waals surface area contributed by atoms with Gasteiger partial charge >= 0.3 is 0 Å². The van der Waals surface area contributed by atoms with Crippen LogP contribution in [0.15, 0.2) is 104 Å². The number of aromatic amines is 1. The first-order chi connectivity index (χ1) is 15.4. The van der Waals surface area contributed by atoms with E-state index in [4.69, 9.17) is 0 Å². The molecular formula is C26H23N5. The summed E-state index contributed by atoms with van der Waals surface area (Å²) in [6.07, 6.45) is 10.3. The first-order valence-corrected chi connectivity index (χ1v) is 10.4. The van der Waals surface area contributed by atoms with Crippen molar-refractivity contribution in [3.05, 3.63) is 109 Å². The number of benzene rings is 2. The number of rotatable bonds is 7. The van der Waals surface area contributed by atoms with Gasteiger partial charge in [-0.2, -0.15) is 0 Å². The summed E-state index contributed by atoms with van der Waals surface area (Å²) in [6, 6.07) is 25.0. The van der Waals surface area contributed by atoms with Crippen molar-refractivity contribution in [3.63, 3.8) is 0 Å². The van der Waals surface area contributed by atoms with Crippen LogP contribution in [0.4, 0.5) is 22.7 Å². The minimum atomic E-state index is 0.875. The van der Waals surface area contributed by atoms with Crippen molar-refractivity contribution < 1.29 is 0 Å². The number of anilines is 4. The lowest BCUT2D eigenvalue weighted by molar-refractivity contribution is 1.03. The molecule has 0 bridgehead atoms. The highest BCUT2D eigenvalue weighted by atomic mass is 15.1. The fourth-order valence-corrected chi connectivity index (χ4v) is 3.84. The third kappa shape index (κ3) is 4.12. The maximum absolute atomic E-state index is 4.15. The quantitative estimate of drug-likeness (QED) is 0.344. The highest BCUT2D eigenvalue weighted by molar-refractivity contribution is 5.83. The van der Waals surface area contributed by atoms with E-state index in [0.29, 0.717) is 0 Å². The average Bonchev–Trinajstić information content (AvgIpc) is 3.25. The molecule has 0 radical (unpaired) electrons. The molecule has 0 amide bonds. The summed E-state index contributed by atoms with van der Waals surface area (Å²) >= 11 is 0. The molecule has 5 rings (SSSR count). The van der Waals surface area contributed by atoms with E-state index in [1.54, 1.807) is 0 Å². The summed E-state index contributed by atoms with van der Waals surface area (Å²) in [4.78, 5) is 13.8. The van der Waals surface area contributed by atoms with E-state index in [2.05, 4.69) is 79.9 Å². The molecule has 5 heteroatoms. The van der Waals surface area contributed by atoms with Crippen molar-refractivity contribution in [2.24, 2.45) is 0 Å². The Morgan fingerprint density at radius 3 is 2.00 bits per heavy atom. The second kappa shape index (κ2) is 8.71. The maximum atomic E-state index is 4.15. The van der Waals surface area contributed by atoms with Crippen molar-refractivity contribution in [2.45, 2.75) is 6.42 Å². The number of aromatic nitrogens is 3. The first-order valence-electron chi connectivity index (χ1n) is 10.4. The predicted molar refractivity (Wildman–Crippen MR) is 127 cm³/mol. The molecule has 0 spiro atoms. The Balaban J connectivity index is 1.31. The molecule has 2 N–H and O–H groups in total. The van der Waals surface area contributed by atoms with Crippen LogP contribution in [0.25, 0.3) is 10.9 Å². The van der Waals surface area contributed by atoms with Crippen LogP contribution < -0.4 is 10.2 Å². The van der Waals surface area contributed by atoms with Gasteiger partial charge in [0.05, 0.1) is 0 Å². The van der Waals surface area contributed by atoms with Gasteiger partial charge < -0.3 is 15.2 Å². The van der Waals surface area contributed by atoms with Crippen LogP contribution in [0.5, 0.6) is 0 Å². The minimum Gasteiger partial charge on any atom is -0.385 e. The number of H-pyrrole nitrogens is 1. The van der Waals surface area contributed by atoms with Crippen LogP contribution >= 0.6 is 0 Å². The maximum Gasteiger partial charge on any atom is 0.0492 e. The Kier molecular flexibility index (Phi) is 5.31. The van der Waals surface area contributed by atoms with Crippen molar-refractivity contribution in [1.29, 1.82) is 0 Å². The lowest BCUT2D eigenvalue weighted by Gasteiger charge is -2.25. The fraction of sp³-hybridized carbons (Fsp3) is 0.0769. The van der Waals surface area contributed by atoms with Crippen LogP contribution in [-0.2, 0) is 6.42 Å². The van der Waals surface area contributed by atoms with E-state index < -0.39 is 0 Å². The van der Waals surface area contributed by atoms with E-state index >= 15 is 0 Å². The first kappa shape index (κ1) is 18.9. The van der Waals surface area contributed by atoms with Gasteiger partial charge in [0.1, 0.15) is 0 Å². The Hall–Kier alpha value is -4.12. The van der Waals surface area contributed by atoms with Crippen molar-refractivity contribution >= 4 is 33.7 Å². The zero-order valence-corrected chi connectivity index (χ0v) is 17.1. The van der Waals surface area contributed by atoms with E-state index in [-0.39, 0.29) is 0 Å². The number of fused-ring (bicyclic) bond motifs is 1. The summed E-state index contributed by atoms with van der Waals surface area (Å²) < 4.78 is 0. The molecule has 0 aliphatic rings. The second-order valence-electron chi connectivity index (χ2n) is 7.33. The molecule has 31 heavy (non-hydrogen) atoms. The van der Waals surface area contributed by atoms with Crippen molar-refractivity contribution in [2.75, 3.05) is 16.8 Å². The van der Waals surface area contributed by atoms with Gasteiger partial charge in [-0.25, -0.2) is 0 Å². The lowest BCUT2D eigenvalue weighted by Crippen LogP contribution is -2.10. The standard InChI is InChI=1S/C26H23N5/c1-2-4-26-25(3-1)20(19-30-26)9-18-29-21-5-7-22(8-6-21)31(23-10-14-27-15-11-23)24-12-16-28-17-13-24/h1-8,10-17,19,29-30H,9,18H2. The summed E-state index contributed by atoms with van der Waals surface area (Å²) in [5.74, 6) is 0. The molecule has 0 unspecified atom stereocenters. The number of hydrogen-bond acceptors (Lipinski definition) is 4. The molecule has 0 aliphatic heterocycles. The third-order valence-electron chi connectivity index (χ3n) is 5.37. The van der Waals surface area contributed by atoms with E-state index in [1.165, 1.54) is 16.5 Å². The highest BCUT2D eigenvalue weighted by Crippen LogP contribution is 2.34. The summed E-state index contributed by atoms with van der Waals surface area (Å²) in [7, 11) is 0. The van der Waals surface area contributed by atoms with Gasteiger partial charge in [0.2, 0.25) is 0 Å². The van der Waals surface area contributed by atoms with E-state index in [1.807, 2.05) is 49.1 Å². The number of nitrogens with one attached hydrogen (secondary N) is 2. The average molecular weight is 406 g/mol. The van der Waals surface area contributed by atoms with Gasteiger partial charge in [0, 0.05) is 71.2 Å². The lowest BCUT2D eigenvalue weighted by atomic mass is 10.1. The Labute approximate surface area is 181 Å². The number of para-hydroxylation sites is 1. The molecule has 0 atom stereocenters. The third-order valence-corrected chi connectivity index (χ3v) is 5.37. The molecule has 152 valence electrons. The monoisotopic (exact) mass is 405 g/mol. The van der Waals surface area contributed by atoms with E-state index in [9.17, 15) is 0 Å². The fourth-order valence-electron chi connectivity index (χ4n) is 3.84. The van der Waals surface area contributed by atoms with Gasteiger partial charge in [0.25, 0.3) is 0 Å². The van der Waals surface area contributed by atoms with Gasteiger partial charge in [0.15, 0.2) is 0 Å². The zero-order valence-electron chi connectivity index (χ0n) is 17.1. The smallest absolute Gasteiger partial charge is 0.0492 e. The Bertz CT molecular complexity index is 1210. The van der Waals surface area contributed by atoms with Crippen LogP contribution in [0.3, 0.4) is 0 Å². The summed E-state index contributed by atoms with van der Waals surface area (Å²) in [6.45, 7) is 0.875. The molecule has 0 saturated heterocycles. The highest BCUT2D eigenvalue weighted by Gasteiger charge is 2.12. The van der Waals surface area contributed by atoms with Gasteiger partial charge in [-0.3, -0.25) is 9.97 Å². The van der Waals surface area contributed by atoms with Crippen LogP contribution in [0.1, 0.15) is 5.56 Å². The number of nitrogens with zero attached hydrogens (tertiary/aromatic N) is 3. The van der Waals surface area contributed by atoms with Crippen molar-refractivity contribution in [1.82, 2.24) is 15.0 Å². The normalized spacial score (nSPS) is 10.8. The molecule has 3 aromatic heterocycles. The molecule has 0 fully saturated rings. The molecule has 2 aromatic carbocycles. The summed E-state index contributed by atoms with van der Waals surface area (Å²) in [5, 5.41) is 4.84. The topological polar surface area (TPSA) is 56.8 Å². The van der Waals surface area contributed by atoms with E-state index in [0.717, 1.165) is 35.7 Å². The SMILES string of the molecule is c1ccc2c(CCNc3ccc(N(c4ccncc4)c4ccncc4)cc3)c[nH]c2c1. The van der Waals surface area contributed by atoms with Crippen LogP contribution in [0.2, 0.25) is 0 Å². The van der Waals surface area contributed by atoms with Gasteiger partial charge in [-0.1, -0.05) is 18.2 Å². The number of hydrogen-bond donors (Lipinski definition) is 2. The summed E-state index contributed by atoms with van der Waals surface area (Å²) in [5.41, 5.74) is 6.82. The van der Waals surface area contributed by atoms with Gasteiger partial charge in [-0.05, 0) is 66.6 Å². The second-order valence-corrected chi connectivity index (χ2v) is 7.33. The Morgan fingerprint density at radius 1 is 0.710 bits per heavy atom. The molecule has 0 aliphatic carbocycles. The van der Waals surface area contributed by atoms with Gasteiger partial charge in [-0.15, -0.1) is 0 Å². The molecule has 5 nitrogen and oxygen atoms in total. The van der Waals surface area contributed by atoms with Crippen LogP contribution in [0, 0.1) is 0 Å². The van der Waals surface area contributed by atoms with Crippen molar-refractivity contribution in [3.8, 4) is 0 Å². The molecule has 3 heterocycles. The molecule has 5 aromatic rings. The van der Waals surface area contributed by atoms with Crippen LogP contribution in [-0.4, -0.2) is 21.5 Å².